The zero-order valence-corrected chi connectivity index (χ0v) is 14.6. The molecule has 1 aliphatic rings. The number of rotatable bonds is 5. The highest BCUT2D eigenvalue weighted by molar-refractivity contribution is 5.40. The third kappa shape index (κ3) is 5.43. The highest BCUT2D eigenvalue weighted by Gasteiger charge is 2.26. The summed E-state index contributed by atoms with van der Waals surface area (Å²) < 4.78 is 0. The third-order valence-corrected chi connectivity index (χ3v) is 4.30. The van der Waals surface area contributed by atoms with E-state index in [-0.39, 0.29) is 12.0 Å². The largest absolute Gasteiger partial charge is 0.393 e. The molecule has 0 aromatic rings. The van der Waals surface area contributed by atoms with Crippen LogP contribution in [-0.4, -0.2) is 22.9 Å². The summed E-state index contributed by atoms with van der Waals surface area (Å²) >= 11 is 0. The minimum Gasteiger partial charge on any atom is -0.393 e. The minimum atomic E-state index is -0.771. The van der Waals surface area contributed by atoms with Gasteiger partial charge in [0.05, 0.1) is 12.7 Å². The van der Waals surface area contributed by atoms with Crippen molar-refractivity contribution >= 4 is 0 Å². The summed E-state index contributed by atoms with van der Waals surface area (Å²) in [6.45, 7) is 10.4. The van der Waals surface area contributed by atoms with Gasteiger partial charge >= 0.3 is 0 Å². The quantitative estimate of drug-likeness (QED) is 0.735. The average molecular weight is 302 g/mol. The standard InChI is InChI=1S/C20H30O2/c1-15(8-6-9-17(3)19(22)14-21)11-12-18-16(2)10-7-13-20(18,4)5/h6,8-12,19,21-22H,7,13-14H2,1-5H3/t19-/m0/s1. The minimum absolute atomic E-state index is 0.237. The smallest absolute Gasteiger partial charge is 0.0981 e. The van der Waals surface area contributed by atoms with Gasteiger partial charge < -0.3 is 10.2 Å². The molecule has 0 spiro atoms. The summed E-state index contributed by atoms with van der Waals surface area (Å²) in [6.07, 6.45) is 14.0. The fourth-order valence-corrected chi connectivity index (χ4v) is 2.66. The molecular formula is C20H30O2. The van der Waals surface area contributed by atoms with E-state index in [2.05, 4.69) is 45.9 Å². The molecule has 0 saturated carbocycles. The highest BCUT2D eigenvalue weighted by atomic mass is 16.3. The molecule has 0 aromatic carbocycles. The second-order valence-corrected chi connectivity index (χ2v) is 6.77. The van der Waals surface area contributed by atoms with Gasteiger partial charge in [-0.2, -0.15) is 0 Å². The first-order chi connectivity index (χ1) is 10.3. The van der Waals surface area contributed by atoms with Crippen LogP contribution in [0, 0.1) is 5.41 Å². The van der Waals surface area contributed by atoms with Gasteiger partial charge in [0.25, 0.3) is 0 Å². The van der Waals surface area contributed by atoms with Crippen molar-refractivity contribution in [3.8, 4) is 0 Å². The van der Waals surface area contributed by atoms with E-state index in [1.54, 1.807) is 0 Å². The van der Waals surface area contributed by atoms with Crippen molar-refractivity contribution in [2.45, 2.75) is 53.6 Å². The lowest BCUT2D eigenvalue weighted by Crippen LogP contribution is -2.18. The normalized spacial score (nSPS) is 23.0. The van der Waals surface area contributed by atoms with Crippen molar-refractivity contribution in [3.05, 3.63) is 58.7 Å². The van der Waals surface area contributed by atoms with E-state index in [9.17, 15) is 5.11 Å². The maximum Gasteiger partial charge on any atom is 0.0981 e. The van der Waals surface area contributed by atoms with Crippen LogP contribution in [0.15, 0.2) is 58.7 Å². The predicted molar refractivity (Wildman–Crippen MR) is 94.6 cm³/mol. The molecule has 0 amide bonds. The van der Waals surface area contributed by atoms with Gasteiger partial charge in [-0.15, -0.1) is 0 Å². The van der Waals surface area contributed by atoms with Crippen molar-refractivity contribution in [1.29, 1.82) is 0 Å². The number of allylic oxidation sites excluding steroid dienone is 9. The van der Waals surface area contributed by atoms with Gasteiger partial charge in [0.2, 0.25) is 0 Å². The molecule has 22 heavy (non-hydrogen) atoms. The van der Waals surface area contributed by atoms with E-state index in [1.165, 1.54) is 17.6 Å². The van der Waals surface area contributed by atoms with Crippen LogP contribution < -0.4 is 0 Å². The van der Waals surface area contributed by atoms with Crippen LogP contribution >= 0.6 is 0 Å². The number of aliphatic hydroxyl groups excluding tert-OH is 2. The van der Waals surface area contributed by atoms with Gasteiger partial charge in [-0.3, -0.25) is 0 Å². The summed E-state index contributed by atoms with van der Waals surface area (Å²) in [4.78, 5) is 0. The second kappa shape index (κ2) is 8.30. The average Bonchev–Trinajstić information content (AvgIpc) is 2.45. The zero-order valence-electron chi connectivity index (χ0n) is 14.6. The molecule has 0 bridgehead atoms. The molecule has 0 aliphatic heterocycles. The Hall–Kier alpha value is -1.38. The number of aliphatic hydroxyl groups is 2. The molecular weight excluding hydrogens is 272 g/mol. The summed E-state index contributed by atoms with van der Waals surface area (Å²) in [5.74, 6) is 0. The van der Waals surface area contributed by atoms with Gasteiger partial charge in [0.15, 0.2) is 0 Å². The SMILES string of the molecule is CC(C=CC=C(C)[C@@H](O)CO)=CC=C1C(C)=CCCC1(C)C. The lowest BCUT2D eigenvalue weighted by Gasteiger charge is -2.32. The van der Waals surface area contributed by atoms with Crippen molar-refractivity contribution in [3.63, 3.8) is 0 Å². The molecule has 1 rings (SSSR count). The molecule has 0 radical (unpaired) electrons. The van der Waals surface area contributed by atoms with Crippen LogP contribution in [0.25, 0.3) is 0 Å². The molecule has 2 heteroatoms. The van der Waals surface area contributed by atoms with Gasteiger partial charge in [0, 0.05) is 0 Å². The van der Waals surface area contributed by atoms with E-state index in [0.29, 0.717) is 0 Å². The van der Waals surface area contributed by atoms with Crippen LogP contribution in [0.2, 0.25) is 0 Å². The number of hydrogen-bond donors (Lipinski definition) is 2. The molecule has 0 fully saturated rings. The van der Waals surface area contributed by atoms with Gasteiger partial charge in [-0.1, -0.05) is 61.4 Å². The topological polar surface area (TPSA) is 40.5 Å². The molecule has 2 nitrogen and oxygen atoms in total. The van der Waals surface area contributed by atoms with Crippen molar-refractivity contribution in [2.24, 2.45) is 5.41 Å². The first-order valence-electron chi connectivity index (χ1n) is 7.98. The molecule has 2 N–H and O–H groups in total. The molecule has 0 saturated heterocycles. The zero-order chi connectivity index (χ0) is 16.8. The van der Waals surface area contributed by atoms with Gasteiger partial charge in [0.1, 0.15) is 0 Å². The molecule has 0 aromatic heterocycles. The Morgan fingerprint density at radius 2 is 2.00 bits per heavy atom. The van der Waals surface area contributed by atoms with Crippen LogP contribution in [0.4, 0.5) is 0 Å². The fourth-order valence-electron chi connectivity index (χ4n) is 2.66. The molecule has 0 unspecified atom stereocenters. The van der Waals surface area contributed by atoms with Crippen LogP contribution in [-0.2, 0) is 0 Å². The van der Waals surface area contributed by atoms with Crippen LogP contribution in [0.1, 0.15) is 47.5 Å². The third-order valence-electron chi connectivity index (χ3n) is 4.30. The van der Waals surface area contributed by atoms with E-state index < -0.39 is 6.10 Å². The Balaban J connectivity index is 2.83. The summed E-state index contributed by atoms with van der Waals surface area (Å²) in [6, 6.07) is 0. The predicted octanol–water partition coefficient (Wildman–Crippen LogP) is 4.48. The Labute approximate surface area is 135 Å². The van der Waals surface area contributed by atoms with Gasteiger partial charge in [-0.05, 0) is 50.2 Å². The molecule has 1 aliphatic carbocycles. The van der Waals surface area contributed by atoms with Crippen LogP contribution in [0.3, 0.4) is 0 Å². The Morgan fingerprint density at radius 3 is 2.59 bits per heavy atom. The molecule has 1 atom stereocenters. The van der Waals surface area contributed by atoms with Crippen LogP contribution in [0.5, 0.6) is 0 Å². The van der Waals surface area contributed by atoms with Crippen molar-refractivity contribution < 1.29 is 10.2 Å². The Bertz CT molecular complexity index is 528. The van der Waals surface area contributed by atoms with Gasteiger partial charge in [-0.25, -0.2) is 0 Å². The Morgan fingerprint density at radius 1 is 1.32 bits per heavy atom. The molecule has 122 valence electrons. The summed E-state index contributed by atoms with van der Waals surface area (Å²) in [7, 11) is 0. The molecule has 0 heterocycles. The fraction of sp³-hybridized carbons (Fsp3) is 0.500. The second-order valence-electron chi connectivity index (χ2n) is 6.77. The number of hydrogen-bond acceptors (Lipinski definition) is 2. The first kappa shape index (κ1) is 18.7. The van der Waals surface area contributed by atoms with E-state index in [0.717, 1.165) is 17.6 Å². The summed E-state index contributed by atoms with van der Waals surface area (Å²) in [5, 5.41) is 18.3. The summed E-state index contributed by atoms with van der Waals surface area (Å²) in [5.41, 5.74) is 4.95. The highest BCUT2D eigenvalue weighted by Crippen LogP contribution is 2.40. The maximum atomic E-state index is 9.47. The Kier molecular flexibility index (Phi) is 7.05. The maximum absolute atomic E-state index is 9.47. The van der Waals surface area contributed by atoms with E-state index >= 15 is 0 Å². The van der Waals surface area contributed by atoms with E-state index in [4.69, 9.17) is 5.11 Å². The lowest BCUT2D eigenvalue weighted by atomic mass is 9.73. The van der Waals surface area contributed by atoms with E-state index in [1.807, 2.05) is 25.2 Å². The van der Waals surface area contributed by atoms with Crippen molar-refractivity contribution in [2.75, 3.05) is 6.61 Å². The first-order valence-corrected chi connectivity index (χ1v) is 7.98. The monoisotopic (exact) mass is 302 g/mol. The lowest BCUT2D eigenvalue weighted by molar-refractivity contribution is 0.122. The van der Waals surface area contributed by atoms with Crippen molar-refractivity contribution in [1.82, 2.24) is 0 Å².